The zero-order valence-electron chi connectivity index (χ0n) is 14.2. The zero-order chi connectivity index (χ0) is 16.6. The normalized spacial score (nSPS) is 22.4. The van der Waals surface area contributed by atoms with Crippen LogP contribution in [0.4, 0.5) is 0 Å². The first kappa shape index (κ1) is 17.4. The Morgan fingerprint density at radius 3 is 2.79 bits per heavy atom. The van der Waals surface area contributed by atoms with Crippen molar-refractivity contribution in [1.29, 1.82) is 0 Å². The fourth-order valence-corrected chi connectivity index (χ4v) is 3.31. The van der Waals surface area contributed by atoms with E-state index in [0.29, 0.717) is 18.4 Å². The summed E-state index contributed by atoms with van der Waals surface area (Å²) in [5.41, 5.74) is 0. The number of nitrogens with one attached hydrogen (secondary N) is 1. The SMILES string of the molecule is O=C(COC[C@H]1CCCCO1)NCc1nc(C2CCCCC2)no1. The largest absolute Gasteiger partial charge is 0.376 e. The molecule has 1 N–H and O–H groups in total. The van der Waals surface area contributed by atoms with Crippen LogP contribution in [0, 0.1) is 0 Å². The second-order valence-corrected chi connectivity index (χ2v) is 6.66. The number of hydrogen-bond donors (Lipinski definition) is 1. The van der Waals surface area contributed by atoms with Gasteiger partial charge in [0.05, 0.1) is 19.3 Å². The molecule has 1 aromatic heterocycles. The number of carbonyl (C=O) groups excluding carboxylic acids is 1. The summed E-state index contributed by atoms with van der Waals surface area (Å²) in [6.45, 7) is 1.55. The lowest BCUT2D eigenvalue weighted by molar-refractivity contribution is -0.128. The summed E-state index contributed by atoms with van der Waals surface area (Å²) in [6, 6.07) is 0. The monoisotopic (exact) mass is 337 g/mol. The van der Waals surface area contributed by atoms with E-state index in [0.717, 1.165) is 38.1 Å². The molecule has 24 heavy (non-hydrogen) atoms. The maximum atomic E-state index is 11.8. The van der Waals surface area contributed by atoms with Crippen molar-refractivity contribution < 1.29 is 18.8 Å². The van der Waals surface area contributed by atoms with Gasteiger partial charge in [0.25, 0.3) is 0 Å². The molecular formula is C17H27N3O4. The lowest BCUT2D eigenvalue weighted by Crippen LogP contribution is -2.30. The van der Waals surface area contributed by atoms with Gasteiger partial charge in [0.15, 0.2) is 5.82 Å². The molecule has 7 heteroatoms. The summed E-state index contributed by atoms with van der Waals surface area (Å²) >= 11 is 0. The summed E-state index contributed by atoms with van der Waals surface area (Å²) in [4.78, 5) is 16.2. The average Bonchev–Trinajstić information content (AvgIpc) is 3.11. The molecule has 0 unspecified atom stereocenters. The van der Waals surface area contributed by atoms with Crippen LogP contribution < -0.4 is 5.32 Å². The number of ether oxygens (including phenoxy) is 2. The Labute approximate surface area is 142 Å². The first-order valence-corrected chi connectivity index (χ1v) is 9.10. The lowest BCUT2D eigenvalue weighted by Gasteiger charge is -2.22. The molecule has 1 aliphatic carbocycles. The molecule has 0 aromatic carbocycles. The summed E-state index contributed by atoms with van der Waals surface area (Å²) in [6.07, 6.45) is 9.42. The second kappa shape index (κ2) is 9.13. The van der Waals surface area contributed by atoms with E-state index in [1.165, 1.54) is 25.7 Å². The Hall–Kier alpha value is -1.47. The Morgan fingerprint density at radius 2 is 2.00 bits per heavy atom. The van der Waals surface area contributed by atoms with Crippen molar-refractivity contribution >= 4 is 5.91 Å². The number of hydrogen-bond acceptors (Lipinski definition) is 6. The van der Waals surface area contributed by atoms with E-state index in [9.17, 15) is 4.79 Å². The Bertz CT molecular complexity index is 508. The molecule has 0 radical (unpaired) electrons. The van der Waals surface area contributed by atoms with Crippen molar-refractivity contribution in [3.63, 3.8) is 0 Å². The lowest BCUT2D eigenvalue weighted by atomic mass is 9.89. The van der Waals surface area contributed by atoms with Gasteiger partial charge in [-0.1, -0.05) is 24.4 Å². The molecule has 1 amide bonds. The van der Waals surface area contributed by atoms with Crippen LogP contribution in [0.25, 0.3) is 0 Å². The minimum Gasteiger partial charge on any atom is -0.376 e. The first-order chi connectivity index (χ1) is 11.8. The van der Waals surface area contributed by atoms with E-state index in [1.807, 2.05) is 0 Å². The van der Waals surface area contributed by atoms with Gasteiger partial charge in [-0.2, -0.15) is 4.98 Å². The predicted molar refractivity (Wildman–Crippen MR) is 86.4 cm³/mol. The van der Waals surface area contributed by atoms with Crippen LogP contribution in [0.15, 0.2) is 4.52 Å². The number of nitrogens with zero attached hydrogens (tertiary/aromatic N) is 2. The molecule has 1 saturated carbocycles. The van der Waals surface area contributed by atoms with E-state index in [1.54, 1.807) is 0 Å². The molecule has 1 atom stereocenters. The van der Waals surface area contributed by atoms with E-state index in [4.69, 9.17) is 14.0 Å². The molecule has 2 aliphatic rings. The molecule has 134 valence electrons. The molecule has 1 aliphatic heterocycles. The van der Waals surface area contributed by atoms with E-state index in [2.05, 4.69) is 15.5 Å². The minimum atomic E-state index is -0.178. The van der Waals surface area contributed by atoms with Crippen molar-refractivity contribution in [1.82, 2.24) is 15.5 Å². The van der Waals surface area contributed by atoms with Crippen LogP contribution in [0.2, 0.25) is 0 Å². The highest BCUT2D eigenvalue weighted by Crippen LogP contribution is 2.30. The number of rotatable bonds is 7. The molecule has 7 nitrogen and oxygen atoms in total. The Balaban J connectivity index is 1.33. The summed E-state index contributed by atoms with van der Waals surface area (Å²) in [7, 11) is 0. The maximum Gasteiger partial charge on any atom is 0.246 e. The Kier molecular flexibility index (Phi) is 6.60. The van der Waals surface area contributed by atoms with Crippen molar-refractivity contribution in [2.24, 2.45) is 0 Å². The molecular weight excluding hydrogens is 310 g/mol. The third-order valence-corrected chi connectivity index (χ3v) is 4.70. The summed E-state index contributed by atoms with van der Waals surface area (Å²) < 4.78 is 16.2. The molecule has 1 saturated heterocycles. The fourth-order valence-electron chi connectivity index (χ4n) is 3.31. The van der Waals surface area contributed by atoms with Crippen LogP contribution in [-0.2, 0) is 20.8 Å². The molecule has 2 fully saturated rings. The van der Waals surface area contributed by atoms with Crippen molar-refractivity contribution in [2.75, 3.05) is 19.8 Å². The topological polar surface area (TPSA) is 86.5 Å². The molecule has 3 rings (SSSR count). The second-order valence-electron chi connectivity index (χ2n) is 6.66. The summed E-state index contributed by atoms with van der Waals surface area (Å²) in [5, 5.41) is 6.81. The quantitative estimate of drug-likeness (QED) is 0.822. The maximum absolute atomic E-state index is 11.8. The molecule has 1 aromatic rings. The molecule has 0 bridgehead atoms. The minimum absolute atomic E-state index is 0.0312. The smallest absolute Gasteiger partial charge is 0.246 e. The standard InChI is InChI=1S/C17H27N3O4/c21-15(12-22-11-14-8-4-5-9-23-14)18-10-16-19-17(20-24-16)13-6-2-1-3-7-13/h13-14H,1-12H2,(H,18,21)/t14-/m1/s1. The van der Waals surface area contributed by atoms with Crippen molar-refractivity contribution in [3.8, 4) is 0 Å². The van der Waals surface area contributed by atoms with Crippen LogP contribution in [0.3, 0.4) is 0 Å². The van der Waals surface area contributed by atoms with E-state index < -0.39 is 0 Å². The van der Waals surface area contributed by atoms with Gasteiger partial charge in [0.2, 0.25) is 11.8 Å². The highest BCUT2D eigenvalue weighted by Gasteiger charge is 2.21. The fraction of sp³-hybridized carbons (Fsp3) is 0.824. The third-order valence-electron chi connectivity index (χ3n) is 4.70. The zero-order valence-corrected chi connectivity index (χ0v) is 14.2. The van der Waals surface area contributed by atoms with Crippen molar-refractivity contribution in [2.45, 2.75) is 69.9 Å². The third kappa shape index (κ3) is 5.27. The first-order valence-electron chi connectivity index (χ1n) is 9.10. The van der Waals surface area contributed by atoms with Gasteiger partial charge in [0.1, 0.15) is 6.61 Å². The van der Waals surface area contributed by atoms with Gasteiger partial charge < -0.3 is 19.3 Å². The predicted octanol–water partition coefficient (Wildman–Crippen LogP) is 2.32. The Morgan fingerprint density at radius 1 is 1.17 bits per heavy atom. The average molecular weight is 337 g/mol. The number of carbonyl (C=O) groups is 1. The van der Waals surface area contributed by atoms with Gasteiger partial charge in [-0.3, -0.25) is 4.79 Å². The van der Waals surface area contributed by atoms with Crippen LogP contribution >= 0.6 is 0 Å². The van der Waals surface area contributed by atoms with Crippen LogP contribution in [0.1, 0.15) is 69.0 Å². The van der Waals surface area contributed by atoms with Gasteiger partial charge in [-0.15, -0.1) is 0 Å². The number of amides is 1. The summed E-state index contributed by atoms with van der Waals surface area (Å²) in [5.74, 6) is 1.47. The van der Waals surface area contributed by atoms with E-state index >= 15 is 0 Å². The van der Waals surface area contributed by atoms with Crippen LogP contribution in [0.5, 0.6) is 0 Å². The van der Waals surface area contributed by atoms with Gasteiger partial charge in [-0.05, 0) is 32.1 Å². The van der Waals surface area contributed by atoms with E-state index in [-0.39, 0.29) is 25.2 Å². The van der Waals surface area contributed by atoms with Gasteiger partial charge in [-0.25, -0.2) is 0 Å². The highest BCUT2D eigenvalue weighted by atomic mass is 16.5. The van der Waals surface area contributed by atoms with Crippen molar-refractivity contribution in [3.05, 3.63) is 11.7 Å². The number of aromatic nitrogens is 2. The van der Waals surface area contributed by atoms with Gasteiger partial charge >= 0.3 is 0 Å². The molecule has 0 spiro atoms. The van der Waals surface area contributed by atoms with Gasteiger partial charge in [0, 0.05) is 12.5 Å². The van der Waals surface area contributed by atoms with Crippen LogP contribution in [-0.4, -0.2) is 42.0 Å². The highest BCUT2D eigenvalue weighted by molar-refractivity contribution is 5.77. The molecule has 2 heterocycles.